The van der Waals surface area contributed by atoms with Gasteiger partial charge in [0.15, 0.2) is 5.13 Å². The Hall–Kier alpha value is -1.27. The van der Waals surface area contributed by atoms with Crippen LogP contribution in [-0.4, -0.2) is 10.9 Å². The van der Waals surface area contributed by atoms with Crippen LogP contribution in [0, 0.1) is 12.7 Å². The van der Waals surface area contributed by atoms with Gasteiger partial charge < -0.3 is 0 Å². The van der Waals surface area contributed by atoms with E-state index in [0.717, 1.165) is 17.0 Å². The molecule has 0 fully saturated rings. The van der Waals surface area contributed by atoms with Crippen molar-refractivity contribution in [3.63, 3.8) is 0 Å². The molecule has 0 bridgehead atoms. The van der Waals surface area contributed by atoms with Crippen LogP contribution < -0.4 is 5.32 Å². The SMILES string of the molecule is CCc1nc(NC(=O)c2ccc(Br)cc2F)sc1C. The molecule has 0 saturated carbocycles. The number of hydrogen-bond acceptors (Lipinski definition) is 3. The van der Waals surface area contributed by atoms with Gasteiger partial charge in [0.25, 0.3) is 5.91 Å². The summed E-state index contributed by atoms with van der Waals surface area (Å²) in [5, 5.41) is 3.13. The molecule has 2 aromatic rings. The van der Waals surface area contributed by atoms with Gasteiger partial charge in [-0.15, -0.1) is 11.3 Å². The lowest BCUT2D eigenvalue weighted by atomic mass is 10.2. The number of hydrogen-bond donors (Lipinski definition) is 1. The third kappa shape index (κ3) is 3.19. The average Bonchev–Trinajstić information content (AvgIpc) is 2.69. The summed E-state index contributed by atoms with van der Waals surface area (Å²) in [5.41, 5.74) is 0.964. The molecule has 1 heterocycles. The number of aryl methyl sites for hydroxylation is 2. The van der Waals surface area contributed by atoms with Gasteiger partial charge >= 0.3 is 0 Å². The average molecular weight is 343 g/mol. The van der Waals surface area contributed by atoms with E-state index < -0.39 is 11.7 Å². The van der Waals surface area contributed by atoms with Gasteiger partial charge in [-0.2, -0.15) is 0 Å². The molecule has 19 heavy (non-hydrogen) atoms. The molecular weight excluding hydrogens is 331 g/mol. The number of nitrogens with zero attached hydrogens (tertiary/aromatic N) is 1. The third-order valence-electron chi connectivity index (χ3n) is 2.62. The minimum Gasteiger partial charge on any atom is -0.298 e. The van der Waals surface area contributed by atoms with Gasteiger partial charge in [0.1, 0.15) is 5.82 Å². The molecule has 3 nitrogen and oxygen atoms in total. The predicted molar refractivity (Wildman–Crippen MR) is 78.3 cm³/mol. The number of benzene rings is 1. The molecule has 0 aliphatic heterocycles. The van der Waals surface area contributed by atoms with Crippen LogP contribution in [0.1, 0.15) is 27.9 Å². The van der Waals surface area contributed by atoms with E-state index in [1.165, 1.54) is 23.5 Å². The highest BCUT2D eigenvalue weighted by atomic mass is 79.9. The summed E-state index contributed by atoms with van der Waals surface area (Å²) in [6.07, 6.45) is 0.810. The monoisotopic (exact) mass is 342 g/mol. The quantitative estimate of drug-likeness (QED) is 0.909. The maximum Gasteiger partial charge on any atom is 0.260 e. The summed E-state index contributed by atoms with van der Waals surface area (Å²) in [6.45, 7) is 3.95. The minimum absolute atomic E-state index is 0.00843. The highest BCUT2D eigenvalue weighted by Crippen LogP contribution is 2.23. The smallest absolute Gasteiger partial charge is 0.260 e. The first-order valence-electron chi connectivity index (χ1n) is 5.74. The molecule has 1 N–H and O–H groups in total. The number of anilines is 1. The van der Waals surface area contributed by atoms with Crippen molar-refractivity contribution >= 4 is 38.3 Å². The van der Waals surface area contributed by atoms with Crippen LogP contribution >= 0.6 is 27.3 Å². The van der Waals surface area contributed by atoms with E-state index in [1.807, 2.05) is 13.8 Å². The Morgan fingerprint density at radius 2 is 2.26 bits per heavy atom. The normalized spacial score (nSPS) is 10.5. The van der Waals surface area contributed by atoms with E-state index in [0.29, 0.717) is 9.60 Å². The fourth-order valence-corrected chi connectivity index (χ4v) is 2.88. The lowest BCUT2D eigenvalue weighted by Crippen LogP contribution is -2.13. The first-order valence-corrected chi connectivity index (χ1v) is 7.35. The van der Waals surface area contributed by atoms with Crippen molar-refractivity contribution in [2.45, 2.75) is 20.3 Å². The molecule has 0 aliphatic carbocycles. The maximum absolute atomic E-state index is 13.6. The molecule has 0 spiro atoms. The van der Waals surface area contributed by atoms with E-state index >= 15 is 0 Å². The summed E-state index contributed by atoms with van der Waals surface area (Å²) in [5.74, 6) is -1.04. The van der Waals surface area contributed by atoms with E-state index in [9.17, 15) is 9.18 Å². The van der Waals surface area contributed by atoms with Gasteiger partial charge in [0, 0.05) is 9.35 Å². The van der Waals surface area contributed by atoms with E-state index in [4.69, 9.17) is 0 Å². The highest BCUT2D eigenvalue weighted by molar-refractivity contribution is 9.10. The molecule has 1 aromatic heterocycles. The number of aromatic nitrogens is 1. The summed E-state index contributed by atoms with van der Waals surface area (Å²) < 4.78 is 14.2. The zero-order valence-electron chi connectivity index (χ0n) is 10.5. The van der Waals surface area contributed by atoms with Crippen molar-refractivity contribution in [2.24, 2.45) is 0 Å². The lowest BCUT2D eigenvalue weighted by Gasteiger charge is -2.03. The number of carbonyl (C=O) groups excluding carboxylic acids is 1. The number of carbonyl (C=O) groups is 1. The predicted octanol–water partition coefficient (Wildman–Crippen LogP) is 4.17. The number of rotatable bonds is 3. The van der Waals surface area contributed by atoms with Crippen LogP contribution in [0.15, 0.2) is 22.7 Å². The van der Waals surface area contributed by atoms with Gasteiger partial charge in [-0.1, -0.05) is 22.9 Å². The van der Waals surface area contributed by atoms with Crippen molar-refractivity contribution in [2.75, 3.05) is 5.32 Å². The van der Waals surface area contributed by atoms with Gasteiger partial charge in [-0.25, -0.2) is 9.37 Å². The maximum atomic E-state index is 13.6. The van der Waals surface area contributed by atoms with E-state index in [2.05, 4.69) is 26.2 Å². The summed E-state index contributed by atoms with van der Waals surface area (Å²) in [7, 11) is 0. The molecule has 6 heteroatoms. The number of halogens is 2. The van der Waals surface area contributed by atoms with Crippen molar-refractivity contribution in [3.8, 4) is 0 Å². The molecule has 2 rings (SSSR count). The zero-order valence-corrected chi connectivity index (χ0v) is 12.9. The van der Waals surface area contributed by atoms with Crippen molar-refractivity contribution in [1.29, 1.82) is 0 Å². The molecule has 0 unspecified atom stereocenters. The second-order valence-electron chi connectivity index (χ2n) is 3.95. The van der Waals surface area contributed by atoms with Crippen LogP contribution in [0.5, 0.6) is 0 Å². The minimum atomic E-state index is -0.559. The number of thiazole rings is 1. The summed E-state index contributed by atoms with van der Waals surface area (Å²) >= 11 is 4.55. The number of amides is 1. The fraction of sp³-hybridized carbons (Fsp3) is 0.231. The summed E-state index contributed by atoms with van der Waals surface area (Å²) in [6, 6.07) is 4.33. The second kappa shape index (κ2) is 5.79. The lowest BCUT2D eigenvalue weighted by molar-refractivity contribution is 0.102. The van der Waals surface area contributed by atoms with Crippen LogP contribution in [0.2, 0.25) is 0 Å². The van der Waals surface area contributed by atoms with Crippen molar-refractivity contribution in [3.05, 3.63) is 44.6 Å². The Morgan fingerprint density at radius 1 is 1.53 bits per heavy atom. The van der Waals surface area contributed by atoms with Gasteiger partial charge in [0.2, 0.25) is 0 Å². The molecule has 1 amide bonds. The molecular formula is C13H12BrFN2OS. The topological polar surface area (TPSA) is 42.0 Å². The molecule has 100 valence electrons. The van der Waals surface area contributed by atoms with Crippen LogP contribution in [0.4, 0.5) is 9.52 Å². The van der Waals surface area contributed by atoms with Gasteiger partial charge in [0.05, 0.1) is 11.3 Å². The molecule has 0 aliphatic rings. The summed E-state index contributed by atoms with van der Waals surface area (Å²) in [4.78, 5) is 17.3. The molecule has 0 atom stereocenters. The van der Waals surface area contributed by atoms with Gasteiger partial charge in [-0.05, 0) is 31.5 Å². The largest absolute Gasteiger partial charge is 0.298 e. The van der Waals surface area contributed by atoms with Crippen LogP contribution in [0.25, 0.3) is 0 Å². The first-order chi connectivity index (χ1) is 9.01. The Labute approximate surface area is 123 Å². The Kier molecular flexibility index (Phi) is 4.31. The highest BCUT2D eigenvalue weighted by Gasteiger charge is 2.14. The first kappa shape index (κ1) is 14.1. The van der Waals surface area contributed by atoms with Gasteiger partial charge in [-0.3, -0.25) is 10.1 Å². The fourth-order valence-electron chi connectivity index (χ4n) is 1.65. The number of nitrogens with one attached hydrogen (secondary N) is 1. The van der Waals surface area contributed by atoms with Crippen molar-refractivity contribution < 1.29 is 9.18 Å². The van der Waals surface area contributed by atoms with Crippen LogP contribution in [0.3, 0.4) is 0 Å². The molecule has 0 saturated heterocycles. The standard InChI is InChI=1S/C13H12BrFN2OS/c1-3-11-7(2)19-13(16-11)17-12(18)9-5-4-8(14)6-10(9)15/h4-6H,3H2,1-2H3,(H,16,17,18). The Balaban J connectivity index is 2.20. The Morgan fingerprint density at radius 3 is 2.84 bits per heavy atom. The van der Waals surface area contributed by atoms with Crippen molar-refractivity contribution in [1.82, 2.24) is 4.98 Å². The van der Waals surface area contributed by atoms with E-state index in [-0.39, 0.29) is 5.56 Å². The Bertz CT molecular complexity index is 627. The third-order valence-corrected chi connectivity index (χ3v) is 4.05. The molecule has 1 aromatic carbocycles. The zero-order chi connectivity index (χ0) is 14.0. The van der Waals surface area contributed by atoms with E-state index in [1.54, 1.807) is 6.07 Å². The van der Waals surface area contributed by atoms with Crippen LogP contribution in [-0.2, 0) is 6.42 Å². The molecule has 0 radical (unpaired) electrons. The second-order valence-corrected chi connectivity index (χ2v) is 6.07.